The molecule has 2 rings (SSSR count). The van der Waals surface area contributed by atoms with Gasteiger partial charge in [-0.05, 0) is 30.0 Å². The van der Waals surface area contributed by atoms with Crippen molar-refractivity contribution in [2.75, 3.05) is 13.4 Å². The van der Waals surface area contributed by atoms with E-state index in [9.17, 15) is 9.90 Å². The number of nitrogens with one attached hydrogen (secondary N) is 1. The molecule has 0 saturated heterocycles. The average molecular weight is 279 g/mol. The molecule has 1 aromatic rings. The van der Waals surface area contributed by atoms with Crippen molar-refractivity contribution >= 4 is 5.91 Å². The van der Waals surface area contributed by atoms with E-state index in [1.807, 2.05) is 32.0 Å². The zero-order chi connectivity index (χ0) is 14.5. The Labute approximate surface area is 118 Å². The van der Waals surface area contributed by atoms with Gasteiger partial charge in [0.05, 0.1) is 12.6 Å². The average Bonchev–Trinajstić information content (AvgIpc) is 2.89. The lowest BCUT2D eigenvalue weighted by atomic mass is 10.0. The Bertz CT molecular complexity index is 473. The van der Waals surface area contributed by atoms with Gasteiger partial charge in [0, 0.05) is 6.42 Å². The second-order valence-electron chi connectivity index (χ2n) is 5.29. The Balaban J connectivity index is 1.84. The molecule has 5 heteroatoms. The number of rotatable bonds is 6. The van der Waals surface area contributed by atoms with E-state index >= 15 is 0 Å². The number of aliphatic hydroxyl groups excluding tert-OH is 1. The zero-order valence-electron chi connectivity index (χ0n) is 11.9. The van der Waals surface area contributed by atoms with E-state index in [1.165, 1.54) is 0 Å². The normalized spacial score (nSPS) is 14.4. The van der Waals surface area contributed by atoms with E-state index in [1.54, 1.807) is 0 Å². The van der Waals surface area contributed by atoms with E-state index in [-0.39, 0.29) is 31.3 Å². The molecule has 0 saturated carbocycles. The molecule has 1 unspecified atom stereocenters. The molecular weight excluding hydrogens is 258 g/mol. The molecule has 1 heterocycles. The summed E-state index contributed by atoms with van der Waals surface area (Å²) in [5.41, 5.74) is 1.04. The standard InChI is InChI=1S/C15H21NO4/c1-10(2)12(8-17)16-15(18)6-4-11-3-5-13-14(7-11)20-9-19-13/h3,5,7,10,12,17H,4,6,8-9H2,1-2H3,(H,16,18). The third-order valence-corrected chi connectivity index (χ3v) is 3.43. The van der Waals surface area contributed by atoms with Crippen LogP contribution in [-0.2, 0) is 11.2 Å². The SMILES string of the molecule is CC(C)C(CO)NC(=O)CCc1ccc2c(c1)OCO2. The second kappa shape index (κ2) is 6.61. The number of amides is 1. The quantitative estimate of drug-likeness (QED) is 0.827. The smallest absolute Gasteiger partial charge is 0.231 e. The highest BCUT2D eigenvalue weighted by Crippen LogP contribution is 2.32. The molecule has 1 aromatic carbocycles. The van der Waals surface area contributed by atoms with Crippen molar-refractivity contribution in [2.24, 2.45) is 5.92 Å². The molecule has 1 amide bonds. The van der Waals surface area contributed by atoms with E-state index in [0.29, 0.717) is 12.8 Å². The highest BCUT2D eigenvalue weighted by molar-refractivity contribution is 5.76. The minimum absolute atomic E-state index is 0.0343. The summed E-state index contributed by atoms with van der Waals surface area (Å²) in [6, 6.07) is 5.52. The van der Waals surface area contributed by atoms with Crippen LogP contribution >= 0.6 is 0 Å². The number of benzene rings is 1. The predicted octanol–water partition coefficient (Wildman–Crippen LogP) is 1.48. The lowest BCUT2D eigenvalue weighted by Crippen LogP contribution is -2.41. The third kappa shape index (κ3) is 3.63. The van der Waals surface area contributed by atoms with Gasteiger partial charge in [0.1, 0.15) is 0 Å². The summed E-state index contributed by atoms with van der Waals surface area (Å²) in [5, 5.41) is 12.0. The molecule has 0 aliphatic carbocycles. The summed E-state index contributed by atoms with van der Waals surface area (Å²) in [7, 11) is 0. The van der Waals surface area contributed by atoms with Crippen LogP contribution in [0.5, 0.6) is 11.5 Å². The van der Waals surface area contributed by atoms with Gasteiger partial charge in [-0.3, -0.25) is 4.79 Å². The molecule has 20 heavy (non-hydrogen) atoms. The first-order chi connectivity index (χ1) is 9.60. The number of aliphatic hydroxyl groups is 1. The summed E-state index contributed by atoms with van der Waals surface area (Å²) >= 11 is 0. The number of carbonyl (C=O) groups is 1. The molecule has 0 radical (unpaired) electrons. The fourth-order valence-electron chi connectivity index (χ4n) is 2.06. The molecule has 110 valence electrons. The first-order valence-corrected chi connectivity index (χ1v) is 6.89. The van der Waals surface area contributed by atoms with Gasteiger partial charge in [-0.25, -0.2) is 0 Å². The van der Waals surface area contributed by atoms with E-state index in [4.69, 9.17) is 9.47 Å². The maximum atomic E-state index is 11.8. The highest BCUT2D eigenvalue weighted by atomic mass is 16.7. The fourth-order valence-corrected chi connectivity index (χ4v) is 2.06. The topological polar surface area (TPSA) is 67.8 Å². The van der Waals surface area contributed by atoms with Gasteiger partial charge in [-0.1, -0.05) is 19.9 Å². The molecule has 0 spiro atoms. The third-order valence-electron chi connectivity index (χ3n) is 3.43. The van der Waals surface area contributed by atoms with E-state index < -0.39 is 0 Å². The molecule has 0 fully saturated rings. The summed E-state index contributed by atoms with van der Waals surface area (Å²) in [6.45, 7) is 4.16. The summed E-state index contributed by atoms with van der Waals surface area (Å²) < 4.78 is 10.5. The van der Waals surface area contributed by atoms with Crippen LogP contribution in [0.3, 0.4) is 0 Å². The van der Waals surface area contributed by atoms with Crippen LogP contribution in [-0.4, -0.2) is 30.5 Å². The first-order valence-electron chi connectivity index (χ1n) is 6.89. The minimum atomic E-state index is -0.181. The van der Waals surface area contributed by atoms with Crippen LogP contribution in [0.15, 0.2) is 18.2 Å². The van der Waals surface area contributed by atoms with Crippen molar-refractivity contribution in [1.82, 2.24) is 5.32 Å². The molecule has 1 atom stereocenters. The number of hydrogen-bond donors (Lipinski definition) is 2. The van der Waals surface area contributed by atoms with Crippen LogP contribution in [0.4, 0.5) is 0 Å². The lowest BCUT2D eigenvalue weighted by molar-refractivity contribution is -0.122. The van der Waals surface area contributed by atoms with Crippen molar-refractivity contribution in [3.63, 3.8) is 0 Å². The van der Waals surface area contributed by atoms with Crippen molar-refractivity contribution < 1.29 is 19.4 Å². The number of aryl methyl sites for hydroxylation is 1. The Morgan fingerprint density at radius 2 is 2.10 bits per heavy atom. The molecule has 2 N–H and O–H groups in total. The Kier molecular flexibility index (Phi) is 4.84. The van der Waals surface area contributed by atoms with Crippen LogP contribution in [0.25, 0.3) is 0 Å². The first kappa shape index (κ1) is 14.7. The molecule has 1 aliphatic rings. The van der Waals surface area contributed by atoms with Gasteiger partial charge < -0.3 is 19.9 Å². The number of hydrogen-bond acceptors (Lipinski definition) is 4. The highest BCUT2D eigenvalue weighted by Gasteiger charge is 2.16. The largest absolute Gasteiger partial charge is 0.454 e. The summed E-state index contributed by atoms with van der Waals surface area (Å²) in [6.07, 6.45) is 1.03. The van der Waals surface area contributed by atoms with Gasteiger partial charge >= 0.3 is 0 Å². The van der Waals surface area contributed by atoms with Gasteiger partial charge in [0.2, 0.25) is 12.7 Å². The molecule has 1 aliphatic heterocycles. The van der Waals surface area contributed by atoms with Crippen LogP contribution in [0, 0.1) is 5.92 Å². The van der Waals surface area contributed by atoms with Gasteiger partial charge in [-0.2, -0.15) is 0 Å². The number of fused-ring (bicyclic) bond motifs is 1. The van der Waals surface area contributed by atoms with Gasteiger partial charge in [-0.15, -0.1) is 0 Å². The van der Waals surface area contributed by atoms with Crippen LogP contribution < -0.4 is 14.8 Å². The fraction of sp³-hybridized carbons (Fsp3) is 0.533. The van der Waals surface area contributed by atoms with Gasteiger partial charge in [0.15, 0.2) is 11.5 Å². The van der Waals surface area contributed by atoms with Crippen molar-refractivity contribution in [2.45, 2.75) is 32.7 Å². The van der Waals surface area contributed by atoms with Crippen LogP contribution in [0.2, 0.25) is 0 Å². The molecular formula is C15H21NO4. The Hall–Kier alpha value is -1.75. The second-order valence-corrected chi connectivity index (χ2v) is 5.29. The number of carbonyl (C=O) groups excluding carboxylic acids is 1. The summed E-state index contributed by atoms with van der Waals surface area (Å²) in [4.78, 5) is 11.8. The lowest BCUT2D eigenvalue weighted by Gasteiger charge is -2.19. The predicted molar refractivity (Wildman–Crippen MR) is 74.7 cm³/mol. The van der Waals surface area contributed by atoms with E-state index in [0.717, 1.165) is 17.1 Å². The van der Waals surface area contributed by atoms with E-state index in [2.05, 4.69) is 5.32 Å². The maximum absolute atomic E-state index is 11.8. The van der Waals surface area contributed by atoms with Crippen molar-refractivity contribution in [3.8, 4) is 11.5 Å². The minimum Gasteiger partial charge on any atom is -0.454 e. The maximum Gasteiger partial charge on any atom is 0.231 e. The molecule has 0 aromatic heterocycles. The zero-order valence-corrected chi connectivity index (χ0v) is 11.9. The van der Waals surface area contributed by atoms with Crippen molar-refractivity contribution in [1.29, 1.82) is 0 Å². The molecule has 5 nitrogen and oxygen atoms in total. The van der Waals surface area contributed by atoms with Gasteiger partial charge in [0.25, 0.3) is 0 Å². The number of ether oxygens (including phenoxy) is 2. The monoisotopic (exact) mass is 279 g/mol. The van der Waals surface area contributed by atoms with Crippen LogP contribution in [0.1, 0.15) is 25.8 Å². The van der Waals surface area contributed by atoms with Crippen molar-refractivity contribution in [3.05, 3.63) is 23.8 Å². The molecule has 0 bridgehead atoms. The summed E-state index contributed by atoms with van der Waals surface area (Å²) in [5.74, 6) is 1.65. The Morgan fingerprint density at radius 3 is 2.80 bits per heavy atom. The Morgan fingerprint density at radius 1 is 1.35 bits per heavy atom.